The number of nitrogens with zero attached hydrogens (tertiary/aromatic N) is 1. The van der Waals surface area contributed by atoms with Gasteiger partial charge in [-0.05, 0) is 45.1 Å². The molecule has 11 nitrogen and oxygen atoms in total. The predicted octanol–water partition coefficient (Wildman–Crippen LogP) is 2.63. The molecule has 2 unspecified atom stereocenters. The van der Waals surface area contributed by atoms with Crippen molar-refractivity contribution in [2.75, 3.05) is 30.3 Å². The summed E-state index contributed by atoms with van der Waals surface area (Å²) in [7, 11) is 0. The number of carbonyl (C=O) groups excluding carboxylic acids is 1. The number of aliphatic carboxylic acids is 1. The van der Waals surface area contributed by atoms with Gasteiger partial charge in [-0.1, -0.05) is 20.8 Å². The lowest BCUT2D eigenvalue weighted by Crippen LogP contribution is -2.42. The highest BCUT2D eigenvalue weighted by Gasteiger charge is 2.25. The van der Waals surface area contributed by atoms with Crippen LogP contribution >= 0.6 is 15.9 Å². The van der Waals surface area contributed by atoms with Crippen LogP contribution in [-0.4, -0.2) is 64.0 Å². The molecule has 1 amide bonds. The number of aliphatic hydroxyl groups is 1. The Morgan fingerprint density at radius 1 is 1.16 bits per heavy atom. The van der Waals surface area contributed by atoms with Crippen LogP contribution < -0.4 is 21.3 Å². The maximum atomic E-state index is 12.8. The topological polar surface area (TPSA) is 176 Å². The summed E-state index contributed by atoms with van der Waals surface area (Å²) in [5.74, 6) is -1.39. The number of hydrogen-bond acceptors (Lipinski definition) is 9. The minimum absolute atomic E-state index is 0.0538. The summed E-state index contributed by atoms with van der Waals surface area (Å²) < 4.78 is 0.407. The summed E-state index contributed by atoms with van der Waals surface area (Å²) in [6.45, 7) is 6.35. The largest absolute Gasteiger partial charge is 0.508 e. The molecule has 0 saturated carbocycles. The molecule has 12 heteroatoms. The number of carboxylic acids is 1. The standard InChI is InChI=1S/C25H32BrN5O6/c1-25(2,3)13-4-18(23(37)19(26)5-13)20(9-22(35)36)31-21(34)12-27-14-6-15(8-16(32)7-14)30-24-28-10-17(33)11-29-24/h4-8,17,20,27,32-33,37H,9-12H2,1-3H3,(H,31,34)(H,35,36)(H2,28,29,30). The molecule has 200 valence electrons. The molecular formula is C25H32BrN5O6. The van der Waals surface area contributed by atoms with Crippen molar-refractivity contribution in [3.8, 4) is 11.5 Å². The van der Waals surface area contributed by atoms with Crippen molar-refractivity contribution in [1.82, 2.24) is 10.6 Å². The van der Waals surface area contributed by atoms with Gasteiger partial charge in [0.1, 0.15) is 11.5 Å². The third-order valence-corrected chi connectivity index (χ3v) is 6.25. The first-order valence-corrected chi connectivity index (χ1v) is 12.5. The van der Waals surface area contributed by atoms with Crippen LogP contribution in [0.4, 0.5) is 11.4 Å². The van der Waals surface area contributed by atoms with Gasteiger partial charge in [0.05, 0.1) is 36.1 Å². The number of benzene rings is 2. The molecule has 1 aliphatic heterocycles. The van der Waals surface area contributed by atoms with Crippen molar-refractivity contribution in [2.45, 2.75) is 44.8 Å². The summed E-state index contributed by atoms with van der Waals surface area (Å²) in [5, 5.41) is 51.2. The van der Waals surface area contributed by atoms with Crippen LogP contribution in [0, 0.1) is 0 Å². The highest BCUT2D eigenvalue weighted by Crippen LogP contribution is 2.38. The number of halogens is 1. The van der Waals surface area contributed by atoms with Gasteiger partial charge in [0.2, 0.25) is 5.91 Å². The second kappa shape index (κ2) is 11.7. The number of rotatable bonds is 8. The molecule has 0 aliphatic carbocycles. The molecule has 1 aliphatic rings. The molecule has 3 rings (SSSR count). The molecule has 0 saturated heterocycles. The fourth-order valence-electron chi connectivity index (χ4n) is 3.70. The summed E-state index contributed by atoms with van der Waals surface area (Å²) in [4.78, 5) is 28.5. The second-order valence-corrected chi connectivity index (χ2v) is 10.7. The average molecular weight is 578 g/mol. The van der Waals surface area contributed by atoms with Crippen molar-refractivity contribution < 1.29 is 30.0 Å². The molecule has 0 radical (unpaired) electrons. The fourth-order valence-corrected chi connectivity index (χ4v) is 4.17. The average Bonchev–Trinajstić information content (AvgIpc) is 2.79. The van der Waals surface area contributed by atoms with Crippen molar-refractivity contribution in [2.24, 2.45) is 4.99 Å². The number of aliphatic imine (C=N–C) groups is 1. The zero-order chi connectivity index (χ0) is 27.3. The number of amides is 1. The first-order valence-electron chi connectivity index (χ1n) is 11.7. The lowest BCUT2D eigenvalue weighted by Gasteiger charge is -2.25. The highest BCUT2D eigenvalue weighted by molar-refractivity contribution is 9.10. The van der Waals surface area contributed by atoms with E-state index in [0.29, 0.717) is 33.9 Å². The fraction of sp³-hybridized carbons (Fsp3) is 0.400. The first-order chi connectivity index (χ1) is 17.3. The Morgan fingerprint density at radius 2 is 1.86 bits per heavy atom. The molecular weight excluding hydrogens is 546 g/mol. The van der Waals surface area contributed by atoms with E-state index < -0.39 is 30.4 Å². The van der Waals surface area contributed by atoms with E-state index in [9.17, 15) is 30.0 Å². The quantitative estimate of drug-likeness (QED) is 0.234. The molecule has 1 heterocycles. The van der Waals surface area contributed by atoms with Gasteiger partial charge in [-0.25, -0.2) is 0 Å². The zero-order valence-corrected chi connectivity index (χ0v) is 22.4. The molecule has 2 aromatic rings. The molecule has 0 bridgehead atoms. The normalized spacial score (nSPS) is 16.2. The lowest BCUT2D eigenvalue weighted by molar-refractivity contribution is -0.137. The monoisotopic (exact) mass is 577 g/mol. The number of phenols is 2. The molecule has 37 heavy (non-hydrogen) atoms. The highest BCUT2D eigenvalue weighted by atomic mass is 79.9. The van der Waals surface area contributed by atoms with Gasteiger partial charge < -0.3 is 41.7 Å². The number of carbonyl (C=O) groups is 2. The summed E-state index contributed by atoms with van der Waals surface area (Å²) >= 11 is 3.33. The summed E-state index contributed by atoms with van der Waals surface area (Å²) in [5.41, 5.74) is 1.82. The maximum absolute atomic E-state index is 12.8. The molecule has 2 aromatic carbocycles. The summed E-state index contributed by atoms with van der Waals surface area (Å²) in [6, 6.07) is 7.07. The predicted molar refractivity (Wildman–Crippen MR) is 144 cm³/mol. The van der Waals surface area contributed by atoms with E-state index >= 15 is 0 Å². The minimum Gasteiger partial charge on any atom is -0.508 e. The molecule has 8 N–H and O–H groups in total. The first kappa shape index (κ1) is 28.1. The number of aromatic hydroxyl groups is 2. The Bertz CT molecular complexity index is 1200. The van der Waals surface area contributed by atoms with Gasteiger partial charge in [-0.15, -0.1) is 0 Å². The lowest BCUT2D eigenvalue weighted by atomic mass is 9.85. The van der Waals surface area contributed by atoms with Crippen molar-refractivity contribution in [1.29, 1.82) is 0 Å². The Labute approximate surface area is 223 Å². The van der Waals surface area contributed by atoms with E-state index in [-0.39, 0.29) is 30.0 Å². The number of anilines is 2. The number of carboxylic acid groups (broad SMARTS) is 1. The van der Waals surface area contributed by atoms with Gasteiger partial charge in [0.25, 0.3) is 0 Å². The Balaban J connectivity index is 1.72. The number of nitrogens with one attached hydrogen (secondary N) is 4. The number of hydrogen-bond donors (Lipinski definition) is 8. The van der Waals surface area contributed by atoms with Crippen LogP contribution in [0.5, 0.6) is 11.5 Å². The van der Waals surface area contributed by atoms with Gasteiger partial charge in [-0.2, -0.15) is 0 Å². The number of aliphatic hydroxyl groups excluding tert-OH is 1. The minimum atomic E-state index is -1.13. The van der Waals surface area contributed by atoms with Gasteiger partial charge >= 0.3 is 5.97 Å². The van der Waals surface area contributed by atoms with Crippen LogP contribution in [0.1, 0.15) is 44.4 Å². The Kier molecular flexibility index (Phi) is 8.87. The van der Waals surface area contributed by atoms with Gasteiger partial charge in [0, 0.05) is 35.6 Å². The van der Waals surface area contributed by atoms with Crippen LogP contribution in [-0.2, 0) is 15.0 Å². The third kappa shape index (κ3) is 7.99. The van der Waals surface area contributed by atoms with Crippen LogP contribution in [0.2, 0.25) is 0 Å². The van der Waals surface area contributed by atoms with Crippen molar-refractivity contribution in [3.63, 3.8) is 0 Å². The number of phenolic OH excluding ortho intramolecular Hbond substituents is 2. The van der Waals surface area contributed by atoms with E-state index in [2.05, 4.69) is 42.2 Å². The van der Waals surface area contributed by atoms with Crippen molar-refractivity contribution in [3.05, 3.63) is 45.9 Å². The number of guanidine groups is 1. The van der Waals surface area contributed by atoms with E-state index in [4.69, 9.17) is 0 Å². The molecule has 0 aromatic heterocycles. The summed E-state index contributed by atoms with van der Waals surface area (Å²) in [6.07, 6.45) is -0.988. The molecule has 2 atom stereocenters. The SMILES string of the molecule is CC(C)(C)c1cc(Br)c(O)c(C(CC(=O)O)NC(=O)CNc2cc(O)cc(NC3=NCC(O)CN3)c2)c1. The van der Waals surface area contributed by atoms with E-state index in [1.54, 1.807) is 18.2 Å². The molecule has 0 spiro atoms. The van der Waals surface area contributed by atoms with Crippen molar-refractivity contribution >= 4 is 45.1 Å². The maximum Gasteiger partial charge on any atom is 0.305 e. The van der Waals surface area contributed by atoms with Gasteiger partial charge in [0.15, 0.2) is 5.96 Å². The third-order valence-electron chi connectivity index (χ3n) is 5.65. The van der Waals surface area contributed by atoms with Gasteiger partial charge in [-0.3, -0.25) is 14.6 Å². The zero-order valence-electron chi connectivity index (χ0n) is 20.8. The smallest absolute Gasteiger partial charge is 0.305 e. The number of β-amino-alcohol motifs (C(OH)–C–C–N with tert-alkyl or cyclic N) is 1. The van der Waals surface area contributed by atoms with Crippen LogP contribution in [0.3, 0.4) is 0 Å². The van der Waals surface area contributed by atoms with Crippen LogP contribution in [0.25, 0.3) is 0 Å². The molecule has 0 fully saturated rings. The van der Waals surface area contributed by atoms with Crippen LogP contribution in [0.15, 0.2) is 39.8 Å². The Morgan fingerprint density at radius 3 is 2.49 bits per heavy atom. The second-order valence-electron chi connectivity index (χ2n) is 9.84. The van der Waals surface area contributed by atoms with E-state index in [0.717, 1.165) is 5.56 Å². The van der Waals surface area contributed by atoms with E-state index in [1.165, 1.54) is 12.1 Å². The Hall–Kier alpha value is -3.51. The van der Waals surface area contributed by atoms with E-state index in [1.807, 2.05) is 20.8 Å².